The van der Waals surface area contributed by atoms with Crippen LogP contribution in [0.25, 0.3) is 0 Å². The lowest BCUT2D eigenvalue weighted by Gasteiger charge is -2.24. The summed E-state index contributed by atoms with van der Waals surface area (Å²) in [6.45, 7) is 2.32. The van der Waals surface area contributed by atoms with Gasteiger partial charge in [-0.3, -0.25) is 9.59 Å². The molecule has 2 rings (SSSR count). The van der Waals surface area contributed by atoms with Crippen LogP contribution in [0.1, 0.15) is 36.5 Å². The zero-order chi connectivity index (χ0) is 14.0. The summed E-state index contributed by atoms with van der Waals surface area (Å²) in [5, 5.41) is 0. The van der Waals surface area contributed by atoms with E-state index in [0.717, 1.165) is 28.3 Å². The van der Waals surface area contributed by atoms with Crippen LogP contribution >= 0.6 is 31.9 Å². The molecule has 0 saturated carbocycles. The van der Waals surface area contributed by atoms with Crippen molar-refractivity contribution in [2.45, 2.75) is 32.2 Å². The second-order valence-corrected chi connectivity index (χ2v) is 6.69. The van der Waals surface area contributed by atoms with Gasteiger partial charge in [-0.1, -0.05) is 31.9 Å². The molecule has 1 atom stereocenters. The molecule has 1 saturated heterocycles. The second kappa shape index (κ2) is 6.18. The summed E-state index contributed by atoms with van der Waals surface area (Å²) >= 11 is 6.78. The SMILES string of the molecule is CC(=O)CC1CCCN1C(=O)c1cc(Br)cc(Br)c1. The third kappa shape index (κ3) is 3.66. The van der Waals surface area contributed by atoms with Gasteiger partial charge in [0.15, 0.2) is 0 Å². The molecule has 0 spiro atoms. The van der Waals surface area contributed by atoms with Gasteiger partial charge < -0.3 is 4.90 Å². The van der Waals surface area contributed by atoms with Crippen LogP contribution in [-0.4, -0.2) is 29.2 Å². The first-order valence-electron chi connectivity index (χ1n) is 6.24. The van der Waals surface area contributed by atoms with E-state index in [0.29, 0.717) is 12.0 Å². The Balaban J connectivity index is 2.20. The molecule has 1 aliphatic rings. The lowest BCUT2D eigenvalue weighted by Crippen LogP contribution is -2.36. The Morgan fingerprint density at radius 2 is 1.89 bits per heavy atom. The van der Waals surface area contributed by atoms with Gasteiger partial charge >= 0.3 is 0 Å². The summed E-state index contributed by atoms with van der Waals surface area (Å²) in [5.74, 6) is 0.144. The highest BCUT2D eigenvalue weighted by molar-refractivity contribution is 9.11. The van der Waals surface area contributed by atoms with Crippen LogP contribution in [0.2, 0.25) is 0 Å². The van der Waals surface area contributed by atoms with E-state index < -0.39 is 0 Å². The molecule has 1 fully saturated rings. The number of hydrogen-bond donors (Lipinski definition) is 0. The number of carbonyl (C=O) groups is 2. The van der Waals surface area contributed by atoms with Gasteiger partial charge in [0.25, 0.3) is 5.91 Å². The Morgan fingerprint density at radius 1 is 1.26 bits per heavy atom. The summed E-state index contributed by atoms with van der Waals surface area (Å²) in [6, 6.07) is 5.59. The van der Waals surface area contributed by atoms with Gasteiger partial charge in [-0.05, 0) is 38.0 Å². The van der Waals surface area contributed by atoms with Crippen LogP contribution in [0.3, 0.4) is 0 Å². The summed E-state index contributed by atoms with van der Waals surface area (Å²) in [5.41, 5.74) is 0.650. The first-order chi connectivity index (χ1) is 8.97. The van der Waals surface area contributed by atoms with E-state index in [2.05, 4.69) is 31.9 Å². The van der Waals surface area contributed by atoms with Crippen LogP contribution in [0.15, 0.2) is 27.1 Å². The van der Waals surface area contributed by atoms with Gasteiger partial charge in [-0.15, -0.1) is 0 Å². The predicted octanol–water partition coefficient (Wildman–Crippen LogP) is 3.80. The smallest absolute Gasteiger partial charge is 0.254 e. The lowest BCUT2D eigenvalue weighted by atomic mass is 10.1. The van der Waals surface area contributed by atoms with Crippen molar-refractivity contribution in [3.8, 4) is 0 Å². The maximum Gasteiger partial charge on any atom is 0.254 e. The van der Waals surface area contributed by atoms with Gasteiger partial charge in [-0.2, -0.15) is 0 Å². The van der Waals surface area contributed by atoms with E-state index in [1.807, 2.05) is 23.1 Å². The molecule has 0 N–H and O–H groups in total. The summed E-state index contributed by atoms with van der Waals surface area (Å²) < 4.78 is 1.74. The lowest BCUT2D eigenvalue weighted by molar-refractivity contribution is -0.117. The molecule has 1 aromatic carbocycles. The van der Waals surface area contributed by atoms with Crippen molar-refractivity contribution in [2.24, 2.45) is 0 Å². The van der Waals surface area contributed by atoms with E-state index >= 15 is 0 Å². The standard InChI is InChI=1S/C14H15Br2NO2/c1-9(18)5-13-3-2-4-17(13)14(19)10-6-11(15)8-12(16)7-10/h6-8,13H,2-5H2,1H3. The predicted molar refractivity (Wildman–Crippen MR) is 81.2 cm³/mol. The minimum absolute atomic E-state index is 0.00532. The number of Topliss-reactive ketones (excluding diaryl/α,β-unsaturated/α-hetero) is 1. The normalized spacial score (nSPS) is 18.7. The van der Waals surface area contributed by atoms with Crippen molar-refractivity contribution in [3.05, 3.63) is 32.7 Å². The molecule has 5 heteroatoms. The molecular formula is C14H15Br2NO2. The number of nitrogens with zero attached hydrogens (tertiary/aromatic N) is 1. The number of rotatable bonds is 3. The summed E-state index contributed by atoms with van der Waals surface area (Å²) in [4.78, 5) is 25.6. The number of carbonyl (C=O) groups excluding carboxylic acids is 2. The Kier molecular flexibility index (Phi) is 4.79. The molecular weight excluding hydrogens is 374 g/mol. The first kappa shape index (κ1) is 14.7. The van der Waals surface area contributed by atoms with E-state index in [-0.39, 0.29) is 17.7 Å². The van der Waals surface area contributed by atoms with Crippen molar-refractivity contribution < 1.29 is 9.59 Å². The van der Waals surface area contributed by atoms with Crippen LogP contribution in [0.5, 0.6) is 0 Å². The minimum Gasteiger partial charge on any atom is -0.335 e. The first-order valence-corrected chi connectivity index (χ1v) is 7.82. The topological polar surface area (TPSA) is 37.4 Å². The van der Waals surface area contributed by atoms with Gasteiger partial charge in [-0.25, -0.2) is 0 Å². The van der Waals surface area contributed by atoms with Gasteiger partial charge in [0.05, 0.1) is 0 Å². The van der Waals surface area contributed by atoms with E-state index in [1.54, 1.807) is 6.92 Å². The molecule has 102 valence electrons. The van der Waals surface area contributed by atoms with Crippen LogP contribution in [-0.2, 0) is 4.79 Å². The number of benzene rings is 1. The molecule has 1 heterocycles. The molecule has 0 aromatic heterocycles. The fraction of sp³-hybridized carbons (Fsp3) is 0.429. The van der Waals surface area contributed by atoms with Crippen LogP contribution < -0.4 is 0 Å². The maximum absolute atomic E-state index is 12.5. The monoisotopic (exact) mass is 387 g/mol. The minimum atomic E-state index is 0.00532. The van der Waals surface area contributed by atoms with Gasteiger partial charge in [0.2, 0.25) is 0 Å². The molecule has 1 aliphatic heterocycles. The van der Waals surface area contributed by atoms with Crippen molar-refractivity contribution in [3.63, 3.8) is 0 Å². The highest BCUT2D eigenvalue weighted by Gasteiger charge is 2.30. The third-order valence-electron chi connectivity index (χ3n) is 3.27. The third-order valence-corrected chi connectivity index (χ3v) is 4.19. The average Bonchev–Trinajstić information content (AvgIpc) is 2.73. The second-order valence-electron chi connectivity index (χ2n) is 4.86. The zero-order valence-electron chi connectivity index (χ0n) is 10.7. The Bertz CT molecular complexity index is 496. The molecule has 1 amide bonds. The Morgan fingerprint density at radius 3 is 2.47 bits per heavy atom. The van der Waals surface area contributed by atoms with Crippen LogP contribution in [0, 0.1) is 0 Å². The fourth-order valence-electron chi connectivity index (χ4n) is 2.49. The van der Waals surface area contributed by atoms with Crippen molar-refractivity contribution in [2.75, 3.05) is 6.54 Å². The van der Waals surface area contributed by atoms with Crippen molar-refractivity contribution in [1.29, 1.82) is 0 Å². The highest BCUT2D eigenvalue weighted by Crippen LogP contribution is 2.26. The number of ketones is 1. The highest BCUT2D eigenvalue weighted by atomic mass is 79.9. The summed E-state index contributed by atoms with van der Waals surface area (Å²) in [6.07, 6.45) is 2.35. The Hall–Kier alpha value is -0.680. The number of likely N-dealkylation sites (tertiary alicyclic amines) is 1. The van der Waals surface area contributed by atoms with Gasteiger partial charge in [0.1, 0.15) is 5.78 Å². The number of halogens is 2. The van der Waals surface area contributed by atoms with Crippen molar-refractivity contribution >= 4 is 43.6 Å². The quantitative estimate of drug-likeness (QED) is 0.789. The molecule has 1 aromatic rings. The van der Waals surface area contributed by atoms with E-state index in [1.165, 1.54) is 0 Å². The molecule has 0 bridgehead atoms. The molecule has 0 radical (unpaired) electrons. The van der Waals surface area contributed by atoms with E-state index in [9.17, 15) is 9.59 Å². The number of amides is 1. The summed E-state index contributed by atoms with van der Waals surface area (Å²) in [7, 11) is 0. The average molecular weight is 389 g/mol. The number of hydrogen-bond acceptors (Lipinski definition) is 2. The largest absolute Gasteiger partial charge is 0.335 e. The molecule has 3 nitrogen and oxygen atoms in total. The fourth-order valence-corrected chi connectivity index (χ4v) is 3.78. The van der Waals surface area contributed by atoms with Crippen molar-refractivity contribution in [1.82, 2.24) is 4.90 Å². The zero-order valence-corrected chi connectivity index (χ0v) is 13.8. The molecule has 0 aliphatic carbocycles. The van der Waals surface area contributed by atoms with E-state index in [4.69, 9.17) is 0 Å². The van der Waals surface area contributed by atoms with Gasteiger partial charge in [0, 0.05) is 33.5 Å². The Labute approximate surface area is 129 Å². The van der Waals surface area contributed by atoms with Crippen LogP contribution in [0.4, 0.5) is 0 Å². The maximum atomic E-state index is 12.5. The molecule has 1 unspecified atom stereocenters. The molecule has 19 heavy (non-hydrogen) atoms.